The van der Waals surface area contributed by atoms with Gasteiger partial charge >= 0.3 is 5.97 Å². The first-order chi connectivity index (χ1) is 15.5. The zero-order valence-corrected chi connectivity index (χ0v) is 18.7. The Hall–Kier alpha value is -3.59. The number of benzene rings is 2. The van der Waals surface area contributed by atoms with Gasteiger partial charge in [-0.25, -0.2) is 4.79 Å². The summed E-state index contributed by atoms with van der Waals surface area (Å²) >= 11 is 0. The molecule has 1 fully saturated rings. The zero-order valence-electron chi connectivity index (χ0n) is 18.7. The molecule has 6 heteroatoms. The van der Waals surface area contributed by atoms with Gasteiger partial charge in [0.25, 0.3) is 5.91 Å². The highest BCUT2D eigenvalue weighted by Crippen LogP contribution is 2.27. The number of anilines is 2. The number of esters is 1. The van der Waals surface area contributed by atoms with E-state index < -0.39 is 12.6 Å². The molecule has 166 valence electrons. The molecule has 32 heavy (non-hydrogen) atoms. The largest absolute Gasteiger partial charge is 0.451 e. The summed E-state index contributed by atoms with van der Waals surface area (Å²) in [7, 11) is 3.87. The maximum atomic E-state index is 13.1. The average molecular weight is 432 g/mol. The Morgan fingerprint density at radius 3 is 2.25 bits per heavy atom. The highest BCUT2D eigenvalue weighted by atomic mass is 16.5. The Bertz CT molecular complexity index is 985. The van der Waals surface area contributed by atoms with Crippen LogP contribution in [0.3, 0.4) is 0 Å². The van der Waals surface area contributed by atoms with E-state index in [1.165, 1.54) is 12.5 Å². The van der Waals surface area contributed by atoms with E-state index in [4.69, 9.17) is 4.74 Å². The highest BCUT2D eigenvalue weighted by Gasteiger charge is 2.27. The molecule has 2 aromatic rings. The monoisotopic (exact) mass is 431 g/mol. The normalized spacial score (nSPS) is 14.3. The molecule has 0 saturated heterocycles. The van der Waals surface area contributed by atoms with Crippen molar-refractivity contribution in [2.45, 2.75) is 38.1 Å². The van der Waals surface area contributed by atoms with E-state index in [0.29, 0.717) is 5.56 Å². The summed E-state index contributed by atoms with van der Waals surface area (Å²) < 4.78 is 5.26. The molecule has 0 atom stereocenters. The number of nitriles is 1. The molecule has 0 unspecified atom stereocenters. The van der Waals surface area contributed by atoms with Crippen molar-refractivity contribution in [2.24, 2.45) is 0 Å². The van der Waals surface area contributed by atoms with E-state index in [9.17, 15) is 14.9 Å². The third-order valence-electron chi connectivity index (χ3n) is 5.63. The SMILES string of the molecule is CN(C)c1ccc(/C=C(\C#N)C(=O)OCC(=O)N(c2ccccc2)C2CCCCC2)cc1. The molecule has 0 aromatic heterocycles. The van der Waals surface area contributed by atoms with Gasteiger partial charge in [0.05, 0.1) is 0 Å². The molecular formula is C26H29N3O3. The van der Waals surface area contributed by atoms with Gasteiger partial charge in [-0.1, -0.05) is 49.6 Å². The van der Waals surface area contributed by atoms with Crippen LogP contribution >= 0.6 is 0 Å². The summed E-state index contributed by atoms with van der Waals surface area (Å²) in [5, 5.41) is 9.43. The molecule has 0 aliphatic heterocycles. The second kappa shape index (κ2) is 11.1. The molecule has 1 aliphatic carbocycles. The molecule has 0 heterocycles. The highest BCUT2D eigenvalue weighted by molar-refractivity contribution is 6.01. The van der Waals surface area contributed by atoms with Gasteiger partial charge in [-0.15, -0.1) is 0 Å². The first kappa shape index (κ1) is 23.1. The molecular weight excluding hydrogens is 402 g/mol. The van der Waals surface area contributed by atoms with Crippen LogP contribution in [0, 0.1) is 11.3 Å². The van der Waals surface area contributed by atoms with Crippen LogP contribution in [-0.4, -0.2) is 38.6 Å². The van der Waals surface area contributed by atoms with Crippen molar-refractivity contribution in [3.8, 4) is 6.07 Å². The molecule has 0 spiro atoms. The Morgan fingerprint density at radius 2 is 1.66 bits per heavy atom. The fourth-order valence-electron chi connectivity index (χ4n) is 3.93. The lowest BCUT2D eigenvalue weighted by atomic mass is 9.93. The predicted molar refractivity (Wildman–Crippen MR) is 126 cm³/mol. The molecule has 1 amide bonds. The molecule has 0 radical (unpaired) electrons. The summed E-state index contributed by atoms with van der Waals surface area (Å²) in [6.45, 7) is -0.400. The number of ether oxygens (including phenoxy) is 1. The average Bonchev–Trinajstić information content (AvgIpc) is 2.83. The van der Waals surface area contributed by atoms with E-state index in [1.807, 2.05) is 79.7 Å². The topological polar surface area (TPSA) is 73.6 Å². The Balaban J connectivity index is 1.69. The molecule has 1 saturated carbocycles. The second-order valence-electron chi connectivity index (χ2n) is 8.12. The minimum Gasteiger partial charge on any atom is -0.451 e. The van der Waals surface area contributed by atoms with Gasteiger partial charge in [0.15, 0.2) is 6.61 Å². The van der Waals surface area contributed by atoms with Crippen LogP contribution in [0.5, 0.6) is 0 Å². The van der Waals surface area contributed by atoms with Gasteiger partial charge in [0.1, 0.15) is 11.6 Å². The lowest BCUT2D eigenvalue weighted by molar-refractivity contribution is -0.143. The first-order valence-electron chi connectivity index (χ1n) is 10.9. The number of para-hydroxylation sites is 1. The Labute approximate surface area is 189 Å². The fourth-order valence-corrected chi connectivity index (χ4v) is 3.93. The number of hydrogen-bond donors (Lipinski definition) is 0. The minimum absolute atomic E-state index is 0.0959. The van der Waals surface area contributed by atoms with E-state index >= 15 is 0 Å². The van der Waals surface area contributed by atoms with Gasteiger partial charge in [-0.05, 0) is 48.7 Å². The van der Waals surface area contributed by atoms with Gasteiger partial charge in [0.2, 0.25) is 0 Å². The summed E-state index contributed by atoms with van der Waals surface area (Å²) in [4.78, 5) is 29.3. The molecule has 0 bridgehead atoms. The number of nitrogens with zero attached hydrogens (tertiary/aromatic N) is 3. The number of amides is 1. The van der Waals surface area contributed by atoms with E-state index in [1.54, 1.807) is 4.90 Å². The third-order valence-corrected chi connectivity index (χ3v) is 5.63. The van der Waals surface area contributed by atoms with Gasteiger partial charge < -0.3 is 14.5 Å². The number of hydrogen-bond acceptors (Lipinski definition) is 5. The zero-order chi connectivity index (χ0) is 22.9. The van der Waals surface area contributed by atoms with Crippen LogP contribution in [-0.2, 0) is 14.3 Å². The van der Waals surface area contributed by atoms with Crippen LogP contribution in [0.4, 0.5) is 11.4 Å². The summed E-state index contributed by atoms with van der Waals surface area (Å²) in [5.41, 5.74) is 2.39. The quantitative estimate of drug-likeness (QED) is 0.365. The third kappa shape index (κ3) is 5.98. The van der Waals surface area contributed by atoms with Crippen LogP contribution in [0.15, 0.2) is 60.2 Å². The standard InChI is InChI=1S/C26H29N3O3/c1-28(2)22-15-13-20(14-16-22)17-21(18-27)26(31)32-19-25(30)29(23-9-5-3-6-10-23)24-11-7-4-8-12-24/h3,5-6,9-10,13-17,24H,4,7-8,11-12,19H2,1-2H3/b21-17+. The van der Waals surface area contributed by atoms with Crippen molar-refractivity contribution in [1.82, 2.24) is 0 Å². The van der Waals surface area contributed by atoms with E-state index in [2.05, 4.69) is 0 Å². The Kier molecular flexibility index (Phi) is 8.04. The maximum absolute atomic E-state index is 13.1. The van der Waals surface area contributed by atoms with Crippen LogP contribution in [0.2, 0.25) is 0 Å². The minimum atomic E-state index is -0.797. The number of carbonyl (C=O) groups is 2. The summed E-state index contributed by atoms with van der Waals surface area (Å²) in [6.07, 6.45) is 6.67. The van der Waals surface area contributed by atoms with Crippen LogP contribution < -0.4 is 9.80 Å². The first-order valence-corrected chi connectivity index (χ1v) is 10.9. The van der Waals surface area contributed by atoms with Gasteiger partial charge in [-0.3, -0.25) is 4.79 Å². The fraction of sp³-hybridized carbons (Fsp3) is 0.346. The van der Waals surface area contributed by atoms with Crippen molar-refractivity contribution in [2.75, 3.05) is 30.5 Å². The lowest BCUT2D eigenvalue weighted by Crippen LogP contribution is -2.43. The van der Waals surface area contributed by atoms with Crippen molar-refractivity contribution in [1.29, 1.82) is 5.26 Å². The molecule has 6 nitrogen and oxygen atoms in total. The van der Waals surface area contributed by atoms with Gasteiger partial charge in [-0.2, -0.15) is 5.26 Å². The lowest BCUT2D eigenvalue weighted by Gasteiger charge is -2.34. The maximum Gasteiger partial charge on any atom is 0.349 e. The van der Waals surface area contributed by atoms with Crippen molar-refractivity contribution < 1.29 is 14.3 Å². The Morgan fingerprint density at radius 1 is 1.00 bits per heavy atom. The molecule has 3 rings (SSSR count). The van der Waals surface area contributed by atoms with Crippen LogP contribution in [0.1, 0.15) is 37.7 Å². The van der Waals surface area contributed by atoms with E-state index in [-0.39, 0.29) is 17.5 Å². The van der Waals surface area contributed by atoms with Crippen molar-refractivity contribution >= 4 is 29.3 Å². The summed E-state index contributed by atoms with van der Waals surface area (Å²) in [5.74, 6) is -1.07. The van der Waals surface area contributed by atoms with E-state index in [0.717, 1.165) is 37.1 Å². The second-order valence-corrected chi connectivity index (χ2v) is 8.12. The molecule has 0 N–H and O–H groups in total. The smallest absolute Gasteiger partial charge is 0.349 e. The number of rotatable bonds is 7. The predicted octanol–water partition coefficient (Wildman–Crippen LogP) is 4.57. The van der Waals surface area contributed by atoms with Crippen molar-refractivity contribution in [3.63, 3.8) is 0 Å². The van der Waals surface area contributed by atoms with Gasteiger partial charge in [0, 0.05) is 31.5 Å². The van der Waals surface area contributed by atoms with Crippen LogP contribution in [0.25, 0.3) is 6.08 Å². The molecule has 2 aromatic carbocycles. The number of carbonyl (C=O) groups excluding carboxylic acids is 2. The summed E-state index contributed by atoms with van der Waals surface area (Å²) in [6, 6.07) is 18.9. The molecule has 1 aliphatic rings. The van der Waals surface area contributed by atoms with Crippen molar-refractivity contribution in [3.05, 3.63) is 65.7 Å².